The molecule has 5 atom stereocenters. The molecule has 0 aliphatic heterocycles. The number of allylic oxidation sites excluding steroid dienone is 28. The first-order valence-corrected chi connectivity index (χ1v) is 36.4. The Morgan fingerprint density at radius 3 is 0.868 bits per heavy atom. The summed E-state index contributed by atoms with van der Waals surface area (Å²) in [6, 6.07) is 0. The van der Waals surface area contributed by atoms with Gasteiger partial charge in [0.1, 0.15) is 25.4 Å². The monoisotopic (exact) mass is 1310 g/mol. The van der Waals surface area contributed by atoms with Crippen LogP contribution in [0.25, 0.3) is 0 Å². The quantitative estimate of drug-likeness (QED) is 0.0146. The molecule has 0 rings (SSSR count). The van der Waals surface area contributed by atoms with E-state index in [0.717, 1.165) is 154 Å². The van der Waals surface area contributed by atoms with Crippen LogP contribution in [0.5, 0.6) is 0 Å². The fraction of sp³-hybridized carbons (Fsp3) is 0.575. The smallest absolute Gasteiger partial charge is 0.463 e. The van der Waals surface area contributed by atoms with Gasteiger partial charge in [0.15, 0.2) is 6.10 Å². The Balaban J connectivity index is 4.83. The molecule has 4 N–H and O–H groups in total. The Bertz CT molecular complexity index is 2340. The minimum atomic E-state index is -4.95. The third-order valence-corrected chi connectivity index (χ3v) is 14.8. The average Bonchev–Trinajstić information content (AvgIpc) is 3.02. The molecule has 0 heterocycles. The molecule has 0 aromatic heterocycles. The molecule has 0 spiro atoms. The predicted octanol–water partition coefficient (Wildman–Crippen LogP) is 18.5. The molecule has 0 aliphatic carbocycles. The molecular weight excluding hydrogens is 1190 g/mol. The normalized spacial score (nSPS) is 15.3. The predicted molar refractivity (Wildman–Crippen MR) is 371 cm³/mol. The van der Waals surface area contributed by atoms with Crippen LogP contribution in [0.3, 0.4) is 0 Å². The van der Waals surface area contributed by atoms with Crippen molar-refractivity contribution >= 4 is 33.6 Å². The maximum absolute atomic E-state index is 12.9. The van der Waals surface area contributed by atoms with Crippen LogP contribution in [0.2, 0.25) is 0 Å². The van der Waals surface area contributed by atoms with Crippen molar-refractivity contribution in [2.75, 3.05) is 39.6 Å². The number of hydrogen-bond donors (Lipinski definition) is 4. The number of ether oxygens (including phenoxy) is 3. The Morgan fingerprint density at radius 2 is 0.549 bits per heavy atom. The van der Waals surface area contributed by atoms with E-state index in [4.69, 9.17) is 32.3 Å². The van der Waals surface area contributed by atoms with E-state index in [2.05, 4.69) is 191 Å². The first-order valence-electron chi connectivity index (χ1n) is 33.4. The molecule has 0 bridgehead atoms. The van der Waals surface area contributed by atoms with Gasteiger partial charge >= 0.3 is 33.6 Å². The lowest BCUT2D eigenvalue weighted by Crippen LogP contribution is -2.30. The Morgan fingerprint density at radius 1 is 0.308 bits per heavy atom. The van der Waals surface area contributed by atoms with Gasteiger partial charge in [-0.2, -0.15) is 0 Å². The molecule has 0 amide bonds. The fourth-order valence-electron chi connectivity index (χ4n) is 7.91. The van der Waals surface area contributed by atoms with Crippen LogP contribution in [-0.4, -0.2) is 95.9 Å². The second-order valence-corrected chi connectivity index (χ2v) is 24.4. The topological polar surface area (TPSA) is 231 Å². The molecule has 0 radical (unpaired) electrons. The van der Waals surface area contributed by atoms with Crippen LogP contribution in [0.1, 0.15) is 213 Å². The summed E-state index contributed by atoms with van der Waals surface area (Å²) in [5.74, 6) is -1.69. The number of aliphatic hydroxyl groups excluding tert-OH is 2. The van der Waals surface area contributed by atoms with E-state index in [0.29, 0.717) is 19.3 Å². The molecule has 0 aromatic carbocycles. The lowest BCUT2D eigenvalue weighted by atomic mass is 10.1. The number of carbonyl (C=O) groups excluding carboxylic acids is 3. The molecule has 5 unspecified atom stereocenters. The summed E-state index contributed by atoms with van der Waals surface area (Å²) >= 11 is 0. The van der Waals surface area contributed by atoms with Gasteiger partial charge in [0, 0.05) is 19.3 Å². The molecule has 0 fully saturated rings. The lowest BCUT2D eigenvalue weighted by Gasteiger charge is -2.21. The Hall–Kier alpha value is -5.09. The Kier molecular flexibility index (Phi) is 61.4. The van der Waals surface area contributed by atoms with Gasteiger partial charge in [0.05, 0.1) is 26.4 Å². The number of esters is 3. The van der Waals surface area contributed by atoms with Crippen LogP contribution in [0.4, 0.5) is 0 Å². The molecule has 18 heteroatoms. The lowest BCUT2D eigenvalue weighted by molar-refractivity contribution is -0.161. The highest BCUT2D eigenvalue weighted by Gasteiger charge is 2.29. The van der Waals surface area contributed by atoms with Crippen molar-refractivity contribution < 1.29 is 75.8 Å². The second kappa shape index (κ2) is 65.0. The van der Waals surface area contributed by atoms with E-state index in [1.807, 2.05) is 0 Å². The minimum absolute atomic E-state index is 0.0605. The number of rotatable bonds is 61. The number of carbonyl (C=O) groups is 3. The van der Waals surface area contributed by atoms with E-state index in [1.54, 1.807) is 0 Å². The maximum atomic E-state index is 12.9. The largest absolute Gasteiger partial charge is 0.472 e. The zero-order chi connectivity index (χ0) is 66.7. The first-order chi connectivity index (χ1) is 44.2. The van der Waals surface area contributed by atoms with Gasteiger partial charge in [-0.1, -0.05) is 217 Å². The van der Waals surface area contributed by atoms with Crippen molar-refractivity contribution in [2.45, 2.75) is 232 Å². The highest BCUT2D eigenvalue weighted by molar-refractivity contribution is 7.47. The van der Waals surface area contributed by atoms with Gasteiger partial charge in [0.25, 0.3) is 0 Å². The molecular formula is C73H116O16P2. The van der Waals surface area contributed by atoms with Crippen LogP contribution in [0, 0.1) is 0 Å². The SMILES string of the molecule is CC/C=C\C/C=C\C/C=C\C/C=C\C/C=C\CCCCCC(=O)OCC(O)COP(=O)(O)OCC(O)COP(=O)(O)OCC(COC(=O)CCCCC/C=C\C/C=C\C/C=C\C/C=C\C/C=C\CC)OC(=O)CCCCCC/C=C\C/C=C\C/C=C\C/C=C\CC. The third-order valence-electron chi connectivity index (χ3n) is 12.9. The molecule has 514 valence electrons. The standard InChI is InChI=1S/C73H116O16P2/c1-4-7-10-13-16-19-22-25-28-31-33-36-38-41-44-47-50-53-56-59-71(76)83-62-68(74)63-85-90(79,80)86-64-69(75)65-87-91(81,82)88-67-70(89-73(78)61-58-55-52-49-46-43-40-35-30-27-24-21-18-15-12-9-6-3)66-84-72(77)60-57-54-51-48-45-42-39-37-34-32-29-26-23-20-17-14-11-8-5-2/h7-12,16-21,25-30,33-34,36-37,40-45,68-70,74-75H,4-6,13-15,22-24,31-32,35,38-39,46-67H2,1-3H3,(H,79,80)(H,81,82)/b10-7-,11-8-,12-9-,19-16-,20-17-,21-18-,28-25-,29-26-,30-27-,36-33-,37-34-,43-40-,44-41-,45-42-. The third kappa shape index (κ3) is 66.2. The molecule has 0 saturated carbocycles. The summed E-state index contributed by atoms with van der Waals surface area (Å²) in [4.78, 5) is 58.4. The van der Waals surface area contributed by atoms with Crippen molar-refractivity contribution in [3.63, 3.8) is 0 Å². The van der Waals surface area contributed by atoms with Gasteiger partial charge in [-0.05, 0) is 148 Å². The van der Waals surface area contributed by atoms with E-state index in [9.17, 15) is 43.5 Å². The average molecular weight is 1310 g/mol. The van der Waals surface area contributed by atoms with E-state index >= 15 is 0 Å². The Labute approximate surface area is 548 Å². The van der Waals surface area contributed by atoms with Gasteiger partial charge in [-0.3, -0.25) is 32.5 Å². The van der Waals surface area contributed by atoms with Gasteiger partial charge < -0.3 is 34.2 Å². The molecule has 16 nitrogen and oxygen atoms in total. The second-order valence-electron chi connectivity index (χ2n) is 21.5. The number of aliphatic hydroxyl groups is 2. The zero-order valence-corrected chi connectivity index (χ0v) is 57.2. The molecule has 0 aliphatic rings. The van der Waals surface area contributed by atoms with Crippen LogP contribution in [-0.2, 0) is 55.8 Å². The van der Waals surface area contributed by atoms with Crippen LogP contribution >= 0.6 is 15.6 Å². The van der Waals surface area contributed by atoms with Crippen molar-refractivity contribution in [1.82, 2.24) is 0 Å². The van der Waals surface area contributed by atoms with Crippen LogP contribution in [0.15, 0.2) is 170 Å². The van der Waals surface area contributed by atoms with Gasteiger partial charge in [-0.25, -0.2) is 9.13 Å². The summed E-state index contributed by atoms with van der Waals surface area (Å²) in [6.45, 7) is 2.17. The van der Waals surface area contributed by atoms with Crippen molar-refractivity contribution in [1.29, 1.82) is 0 Å². The highest BCUT2D eigenvalue weighted by Crippen LogP contribution is 2.45. The number of hydrogen-bond acceptors (Lipinski definition) is 14. The maximum Gasteiger partial charge on any atom is 0.472 e. The molecule has 0 saturated heterocycles. The number of phosphoric acid groups is 2. The van der Waals surface area contributed by atoms with E-state index < -0.39 is 91.5 Å². The summed E-state index contributed by atoms with van der Waals surface area (Å²) in [5.41, 5.74) is 0. The molecule has 91 heavy (non-hydrogen) atoms. The highest BCUT2D eigenvalue weighted by atomic mass is 31.2. The van der Waals surface area contributed by atoms with E-state index in [1.165, 1.54) is 0 Å². The number of unbranched alkanes of at least 4 members (excludes halogenated alkanes) is 10. The van der Waals surface area contributed by atoms with Crippen LogP contribution < -0.4 is 0 Å². The number of phosphoric ester groups is 2. The zero-order valence-electron chi connectivity index (χ0n) is 55.4. The van der Waals surface area contributed by atoms with Crippen molar-refractivity contribution in [3.05, 3.63) is 170 Å². The minimum Gasteiger partial charge on any atom is -0.463 e. The molecule has 0 aromatic rings. The van der Waals surface area contributed by atoms with Crippen molar-refractivity contribution in [3.8, 4) is 0 Å². The summed E-state index contributed by atoms with van der Waals surface area (Å²) in [5, 5.41) is 20.5. The van der Waals surface area contributed by atoms with Crippen molar-refractivity contribution in [2.24, 2.45) is 0 Å². The van der Waals surface area contributed by atoms with E-state index in [-0.39, 0.29) is 19.3 Å². The summed E-state index contributed by atoms with van der Waals surface area (Å²) in [6.07, 6.45) is 79.8. The summed E-state index contributed by atoms with van der Waals surface area (Å²) < 4.78 is 60.8. The van der Waals surface area contributed by atoms with Gasteiger partial charge in [0.2, 0.25) is 0 Å². The first kappa shape index (κ1) is 85.9. The van der Waals surface area contributed by atoms with Gasteiger partial charge in [-0.15, -0.1) is 0 Å². The fourth-order valence-corrected chi connectivity index (χ4v) is 9.49. The summed E-state index contributed by atoms with van der Waals surface area (Å²) in [7, 11) is -9.82.